The lowest BCUT2D eigenvalue weighted by molar-refractivity contribution is 0.651. The van der Waals surface area contributed by atoms with Gasteiger partial charge in [0.15, 0.2) is 0 Å². The van der Waals surface area contributed by atoms with Gasteiger partial charge in [0.05, 0.1) is 0 Å². The van der Waals surface area contributed by atoms with Crippen molar-refractivity contribution in [2.75, 3.05) is 0 Å². The standard InChI is InChI=1S/C22H33N/c1-2-3-4-10-15-20-17-22(23)18-21(20)16-11-6-9-14-19-12-7-5-8-13-19/h5,7-8,12-13,18H,2-4,6,9-11,14-17,23H2,1H3. The van der Waals surface area contributed by atoms with E-state index in [2.05, 4.69) is 43.3 Å². The first-order valence-electron chi connectivity index (χ1n) is 9.50. The van der Waals surface area contributed by atoms with Crippen LogP contribution in [0.15, 0.2) is 53.3 Å². The van der Waals surface area contributed by atoms with Gasteiger partial charge < -0.3 is 5.73 Å². The molecule has 1 aliphatic rings. The average molecular weight is 312 g/mol. The largest absolute Gasteiger partial charge is 0.402 e. The van der Waals surface area contributed by atoms with Crippen molar-refractivity contribution >= 4 is 0 Å². The van der Waals surface area contributed by atoms with Gasteiger partial charge in [0.2, 0.25) is 0 Å². The molecule has 2 N–H and O–H groups in total. The van der Waals surface area contributed by atoms with E-state index in [1.807, 2.05) is 0 Å². The molecular weight excluding hydrogens is 278 g/mol. The van der Waals surface area contributed by atoms with Crippen molar-refractivity contribution in [1.82, 2.24) is 0 Å². The summed E-state index contributed by atoms with van der Waals surface area (Å²) in [5.74, 6) is 0. The van der Waals surface area contributed by atoms with Crippen molar-refractivity contribution in [2.45, 2.75) is 77.6 Å². The smallest absolute Gasteiger partial charge is 0.0125 e. The van der Waals surface area contributed by atoms with Crippen LogP contribution in [0.5, 0.6) is 0 Å². The number of benzene rings is 1. The molecule has 0 saturated heterocycles. The zero-order valence-electron chi connectivity index (χ0n) is 14.8. The molecule has 0 saturated carbocycles. The fraction of sp³-hybridized carbons (Fsp3) is 0.545. The molecule has 0 aliphatic heterocycles. The second-order valence-corrected chi connectivity index (χ2v) is 6.88. The van der Waals surface area contributed by atoms with Gasteiger partial charge in [-0.1, -0.05) is 68.5 Å². The van der Waals surface area contributed by atoms with E-state index < -0.39 is 0 Å². The first-order valence-corrected chi connectivity index (χ1v) is 9.50. The molecule has 0 heterocycles. The van der Waals surface area contributed by atoms with E-state index in [4.69, 9.17) is 5.73 Å². The van der Waals surface area contributed by atoms with Crippen molar-refractivity contribution in [3.8, 4) is 0 Å². The van der Waals surface area contributed by atoms with Gasteiger partial charge in [0.25, 0.3) is 0 Å². The minimum Gasteiger partial charge on any atom is -0.402 e. The van der Waals surface area contributed by atoms with Gasteiger partial charge in [-0.15, -0.1) is 0 Å². The van der Waals surface area contributed by atoms with E-state index in [0.717, 1.165) is 12.1 Å². The summed E-state index contributed by atoms with van der Waals surface area (Å²) >= 11 is 0. The van der Waals surface area contributed by atoms with Crippen LogP contribution in [0.2, 0.25) is 0 Å². The third-order valence-electron chi connectivity index (χ3n) is 4.82. The van der Waals surface area contributed by atoms with E-state index in [1.54, 1.807) is 11.1 Å². The highest BCUT2D eigenvalue weighted by atomic mass is 14.6. The SMILES string of the molecule is CCCCCCC1=C(CCCCCc2ccccc2)C=C(N)C1. The van der Waals surface area contributed by atoms with Crippen LogP contribution in [-0.2, 0) is 6.42 Å². The summed E-state index contributed by atoms with van der Waals surface area (Å²) in [5.41, 5.74) is 11.8. The third-order valence-corrected chi connectivity index (χ3v) is 4.82. The molecule has 0 aromatic heterocycles. The Morgan fingerprint density at radius 1 is 0.826 bits per heavy atom. The van der Waals surface area contributed by atoms with Crippen LogP contribution in [0.25, 0.3) is 0 Å². The molecule has 126 valence electrons. The van der Waals surface area contributed by atoms with Crippen LogP contribution in [0.3, 0.4) is 0 Å². The number of aryl methyl sites for hydroxylation is 1. The van der Waals surface area contributed by atoms with Crippen molar-refractivity contribution < 1.29 is 0 Å². The number of hydrogen-bond donors (Lipinski definition) is 1. The molecule has 1 heteroatoms. The minimum absolute atomic E-state index is 1.03. The molecule has 0 spiro atoms. The Balaban J connectivity index is 1.67. The second-order valence-electron chi connectivity index (χ2n) is 6.88. The summed E-state index contributed by atoms with van der Waals surface area (Å²) in [6, 6.07) is 10.8. The molecule has 2 rings (SSSR count). The van der Waals surface area contributed by atoms with Crippen LogP contribution < -0.4 is 5.73 Å². The Hall–Kier alpha value is -1.50. The van der Waals surface area contributed by atoms with Crippen molar-refractivity contribution in [3.63, 3.8) is 0 Å². The van der Waals surface area contributed by atoms with Crippen LogP contribution in [0.1, 0.15) is 76.7 Å². The van der Waals surface area contributed by atoms with Gasteiger partial charge in [-0.2, -0.15) is 0 Å². The van der Waals surface area contributed by atoms with E-state index in [9.17, 15) is 0 Å². The molecule has 1 nitrogen and oxygen atoms in total. The number of rotatable bonds is 11. The van der Waals surface area contributed by atoms with Gasteiger partial charge in [-0.25, -0.2) is 0 Å². The summed E-state index contributed by atoms with van der Waals surface area (Å²) in [5, 5.41) is 0. The lowest BCUT2D eigenvalue weighted by atomic mass is 9.98. The topological polar surface area (TPSA) is 26.0 Å². The summed E-state index contributed by atoms with van der Waals surface area (Å²) in [6.45, 7) is 2.27. The Morgan fingerprint density at radius 3 is 2.30 bits per heavy atom. The van der Waals surface area contributed by atoms with Gasteiger partial charge in [-0.05, 0) is 55.7 Å². The van der Waals surface area contributed by atoms with E-state index in [0.29, 0.717) is 0 Å². The second kappa shape index (κ2) is 10.3. The highest BCUT2D eigenvalue weighted by Crippen LogP contribution is 2.30. The van der Waals surface area contributed by atoms with Crippen molar-refractivity contribution in [1.29, 1.82) is 0 Å². The van der Waals surface area contributed by atoms with Gasteiger partial charge >= 0.3 is 0 Å². The van der Waals surface area contributed by atoms with Gasteiger partial charge in [-0.3, -0.25) is 0 Å². The van der Waals surface area contributed by atoms with Gasteiger partial charge in [0, 0.05) is 12.1 Å². The van der Waals surface area contributed by atoms with Crippen LogP contribution in [0, 0.1) is 0 Å². The third kappa shape index (κ3) is 6.64. The first-order chi connectivity index (χ1) is 11.3. The lowest BCUT2D eigenvalue weighted by Gasteiger charge is -2.08. The average Bonchev–Trinajstić information content (AvgIpc) is 2.92. The molecule has 0 fully saturated rings. The Bertz CT molecular complexity index is 510. The predicted octanol–water partition coefficient (Wildman–Crippen LogP) is 6.30. The van der Waals surface area contributed by atoms with Crippen LogP contribution >= 0.6 is 0 Å². The molecule has 1 aromatic rings. The maximum atomic E-state index is 6.07. The number of nitrogens with two attached hydrogens (primary N) is 1. The molecule has 1 aromatic carbocycles. The molecule has 0 amide bonds. The van der Waals surface area contributed by atoms with Gasteiger partial charge in [0.1, 0.15) is 0 Å². The molecule has 0 bridgehead atoms. The molecule has 1 aliphatic carbocycles. The quantitative estimate of drug-likeness (QED) is 0.477. The van der Waals surface area contributed by atoms with Crippen molar-refractivity contribution in [2.24, 2.45) is 5.73 Å². The summed E-state index contributed by atoms with van der Waals surface area (Å²) < 4.78 is 0. The molecular formula is C22H33N. The Labute approximate surface area is 142 Å². The number of hydrogen-bond acceptors (Lipinski definition) is 1. The molecule has 23 heavy (non-hydrogen) atoms. The van der Waals surface area contributed by atoms with Crippen molar-refractivity contribution in [3.05, 3.63) is 58.8 Å². The zero-order valence-corrected chi connectivity index (χ0v) is 14.8. The number of unbranched alkanes of at least 4 members (excludes halogenated alkanes) is 5. The van der Waals surface area contributed by atoms with Crippen LogP contribution in [0.4, 0.5) is 0 Å². The summed E-state index contributed by atoms with van der Waals surface area (Å²) in [7, 11) is 0. The molecule has 0 atom stereocenters. The fourth-order valence-corrected chi connectivity index (χ4v) is 3.47. The monoisotopic (exact) mass is 311 g/mol. The van der Waals surface area contributed by atoms with E-state index in [-0.39, 0.29) is 0 Å². The Kier molecular flexibility index (Phi) is 8.00. The zero-order chi connectivity index (χ0) is 16.3. The predicted molar refractivity (Wildman–Crippen MR) is 101 cm³/mol. The summed E-state index contributed by atoms with van der Waals surface area (Å²) in [4.78, 5) is 0. The van der Waals surface area contributed by atoms with E-state index in [1.165, 1.54) is 69.8 Å². The summed E-state index contributed by atoms with van der Waals surface area (Å²) in [6.07, 6.45) is 16.3. The fourth-order valence-electron chi connectivity index (χ4n) is 3.47. The minimum atomic E-state index is 1.03. The molecule has 0 radical (unpaired) electrons. The van der Waals surface area contributed by atoms with E-state index >= 15 is 0 Å². The first kappa shape index (κ1) is 17.8. The normalized spacial score (nSPS) is 14.4. The molecule has 0 unspecified atom stereocenters. The maximum absolute atomic E-state index is 6.07. The highest BCUT2D eigenvalue weighted by Gasteiger charge is 2.13. The maximum Gasteiger partial charge on any atom is 0.0125 e. The Morgan fingerprint density at radius 2 is 1.52 bits per heavy atom. The van der Waals surface area contributed by atoms with Crippen LogP contribution in [-0.4, -0.2) is 0 Å². The lowest BCUT2D eigenvalue weighted by Crippen LogP contribution is -1.93. The number of allylic oxidation sites excluding steroid dienone is 3. The highest BCUT2D eigenvalue weighted by molar-refractivity contribution is 5.37.